The number of rotatable bonds is 3. The number of nitrogens with zero attached hydrogens (tertiary/aromatic N) is 1. The van der Waals surface area contributed by atoms with Crippen molar-refractivity contribution in [2.24, 2.45) is 0 Å². The number of aryl methyl sites for hydroxylation is 1. The second-order valence-electron chi connectivity index (χ2n) is 3.95. The van der Waals surface area contributed by atoms with E-state index < -0.39 is 5.82 Å². The molecule has 2 rings (SSSR count). The predicted octanol–water partition coefficient (Wildman–Crippen LogP) is 4.56. The Morgan fingerprint density at radius 2 is 2.17 bits per heavy atom. The number of hydrogen-bond acceptors (Lipinski definition) is 2. The van der Waals surface area contributed by atoms with Gasteiger partial charge >= 0.3 is 0 Å². The Bertz CT molecular complexity index is 575. The molecule has 1 heterocycles. The molecule has 0 radical (unpaired) electrons. The highest BCUT2D eigenvalue weighted by atomic mass is 79.9. The molecule has 0 atom stereocenters. The molecule has 0 fully saturated rings. The quantitative estimate of drug-likeness (QED) is 0.893. The second-order valence-corrected chi connectivity index (χ2v) is 5.21. The van der Waals surface area contributed by atoms with Crippen LogP contribution in [0.2, 0.25) is 5.02 Å². The summed E-state index contributed by atoms with van der Waals surface area (Å²) in [6.07, 6.45) is 1.78. The van der Waals surface area contributed by atoms with Crippen LogP contribution in [0, 0.1) is 12.7 Å². The van der Waals surface area contributed by atoms with Gasteiger partial charge in [-0.3, -0.25) is 0 Å². The maximum absolute atomic E-state index is 13.0. The van der Waals surface area contributed by atoms with Crippen LogP contribution >= 0.6 is 27.5 Å². The van der Waals surface area contributed by atoms with E-state index in [1.165, 1.54) is 6.07 Å². The standard InChI is InChI=1S/C13H11BrClFN2/c1-8-4-10(14)13(17-6-8)18-7-9-2-3-12(16)11(15)5-9/h2-6H,7H2,1H3,(H,17,18). The zero-order valence-electron chi connectivity index (χ0n) is 9.67. The van der Waals surface area contributed by atoms with Gasteiger partial charge in [0.25, 0.3) is 0 Å². The van der Waals surface area contributed by atoms with Crippen LogP contribution in [0.4, 0.5) is 10.2 Å². The lowest BCUT2D eigenvalue weighted by atomic mass is 10.2. The molecule has 0 aliphatic carbocycles. The highest BCUT2D eigenvalue weighted by Crippen LogP contribution is 2.22. The summed E-state index contributed by atoms with van der Waals surface area (Å²) in [6.45, 7) is 2.51. The van der Waals surface area contributed by atoms with Crippen molar-refractivity contribution < 1.29 is 4.39 Å². The van der Waals surface area contributed by atoms with Gasteiger partial charge in [0, 0.05) is 12.7 Å². The van der Waals surface area contributed by atoms with Gasteiger partial charge in [-0.25, -0.2) is 9.37 Å². The number of aromatic nitrogens is 1. The van der Waals surface area contributed by atoms with Crippen LogP contribution in [0.1, 0.15) is 11.1 Å². The lowest BCUT2D eigenvalue weighted by Crippen LogP contribution is -2.02. The van der Waals surface area contributed by atoms with Gasteiger partial charge < -0.3 is 5.32 Å². The molecule has 94 valence electrons. The zero-order valence-corrected chi connectivity index (χ0v) is 12.0. The first kappa shape index (κ1) is 13.3. The summed E-state index contributed by atoms with van der Waals surface area (Å²) in [6, 6.07) is 6.63. The van der Waals surface area contributed by atoms with Crippen molar-refractivity contribution in [2.75, 3.05) is 5.32 Å². The predicted molar refractivity (Wildman–Crippen MR) is 75.4 cm³/mol. The first-order valence-electron chi connectivity index (χ1n) is 5.36. The van der Waals surface area contributed by atoms with Crippen molar-refractivity contribution in [1.82, 2.24) is 4.98 Å². The molecule has 1 aromatic carbocycles. The van der Waals surface area contributed by atoms with Gasteiger partial charge in [-0.2, -0.15) is 0 Å². The molecule has 0 unspecified atom stereocenters. The van der Waals surface area contributed by atoms with Crippen LogP contribution in [0.25, 0.3) is 0 Å². The summed E-state index contributed by atoms with van der Waals surface area (Å²) < 4.78 is 13.9. The van der Waals surface area contributed by atoms with Crippen molar-refractivity contribution in [1.29, 1.82) is 0 Å². The van der Waals surface area contributed by atoms with Crippen LogP contribution in [0.15, 0.2) is 34.9 Å². The Kier molecular flexibility index (Phi) is 4.19. The van der Waals surface area contributed by atoms with E-state index in [-0.39, 0.29) is 5.02 Å². The van der Waals surface area contributed by atoms with Gasteiger partial charge in [0.1, 0.15) is 11.6 Å². The minimum Gasteiger partial charge on any atom is -0.365 e. The first-order valence-corrected chi connectivity index (χ1v) is 6.53. The summed E-state index contributed by atoms with van der Waals surface area (Å²) in [7, 11) is 0. The Morgan fingerprint density at radius 3 is 2.83 bits per heavy atom. The fourth-order valence-corrected chi connectivity index (χ4v) is 2.31. The topological polar surface area (TPSA) is 24.9 Å². The molecule has 0 aliphatic rings. The average molecular weight is 330 g/mol. The molecule has 0 aliphatic heterocycles. The molecule has 1 N–H and O–H groups in total. The third kappa shape index (κ3) is 3.21. The molecular formula is C13H11BrClFN2. The molecule has 0 saturated heterocycles. The highest BCUT2D eigenvalue weighted by Gasteiger charge is 2.03. The van der Waals surface area contributed by atoms with Crippen molar-refractivity contribution in [3.63, 3.8) is 0 Å². The van der Waals surface area contributed by atoms with Crippen LogP contribution in [-0.4, -0.2) is 4.98 Å². The van der Waals surface area contributed by atoms with E-state index in [0.717, 1.165) is 21.4 Å². The maximum Gasteiger partial charge on any atom is 0.141 e. The number of halogens is 3. The summed E-state index contributed by atoms with van der Waals surface area (Å²) in [5.41, 5.74) is 1.98. The third-order valence-electron chi connectivity index (χ3n) is 2.42. The molecule has 2 aromatic rings. The second kappa shape index (κ2) is 5.67. The van der Waals surface area contributed by atoms with E-state index in [2.05, 4.69) is 26.2 Å². The number of hydrogen-bond donors (Lipinski definition) is 1. The Labute approximate surface area is 118 Å². The van der Waals surface area contributed by atoms with Crippen molar-refractivity contribution in [3.8, 4) is 0 Å². The van der Waals surface area contributed by atoms with E-state index in [0.29, 0.717) is 6.54 Å². The molecule has 0 saturated carbocycles. The molecule has 5 heteroatoms. The van der Waals surface area contributed by atoms with E-state index in [1.807, 2.05) is 13.0 Å². The SMILES string of the molecule is Cc1cnc(NCc2ccc(F)c(Cl)c2)c(Br)c1. The monoisotopic (exact) mass is 328 g/mol. The molecule has 0 spiro atoms. The number of pyridine rings is 1. The normalized spacial score (nSPS) is 10.4. The van der Waals surface area contributed by atoms with Gasteiger partial charge in [-0.1, -0.05) is 17.7 Å². The molecule has 2 nitrogen and oxygen atoms in total. The minimum atomic E-state index is -0.407. The van der Waals surface area contributed by atoms with Gasteiger partial charge in [0.2, 0.25) is 0 Å². The molecule has 0 amide bonds. The van der Waals surface area contributed by atoms with Crippen LogP contribution in [0.5, 0.6) is 0 Å². The van der Waals surface area contributed by atoms with Gasteiger partial charge in [0.05, 0.1) is 9.50 Å². The van der Waals surface area contributed by atoms with Crippen LogP contribution in [-0.2, 0) is 6.54 Å². The van der Waals surface area contributed by atoms with E-state index in [4.69, 9.17) is 11.6 Å². The van der Waals surface area contributed by atoms with Gasteiger partial charge in [-0.05, 0) is 52.2 Å². The largest absolute Gasteiger partial charge is 0.365 e. The summed E-state index contributed by atoms with van der Waals surface area (Å²) in [5.74, 6) is 0.344. The zero-order chi connectivity index (χ0) is 13.1. The Balaban J connectivity index is 2.09. The van der Waals surface area contributed by atoms with E-state index in [9.17, 15) is 4.39 Å². The summed E-state index contributed by atoms with van der Waals surface area (Å²) in [4.78, 5) is 4.27. The highest BCUT2D eigenvalue weighted by molar-refractivity contribution is 9.10. The molecule has 1 aromatic heterocycles. The van der Waals surface area contributed by atoms with Crippen molar-refractivity contribution >= 4 is 33.3 Å². The maximum atomic E-state index is 13.0. The number of benzene rings is 1. The Hall–Kier alpha value is -1.13. The van der Waals surface area contributed by atoms with Crippen LogP contribution in [0.3, 0.4) is 0 Å². The van der Waals surface area contributed by atoms with Crippen molar-refractivity contribution in [2.45, 2.75) is 13.5 Å². The number of nitrogens with one attached hydrogen (secondary N) is 1. The van der Waals surface area contributed by atoms with E-state index >= 15 is 0 Å². The average Bonchev–Trinajstić information content (AvgIpc) is 2.32. The first-order chi connectivity index (χ1) is 8.56. The van der Waals surface area contributed by atoms with Gasteiger partial charge in [-0.15, -0.1) is 0 Å². The fourth-order valence-electron chi connectivity index (χ4n) is 1.50. The lowest BCUT2D eigenvalue weighted by Gasteiger charge is -2.08. The smallest absolute Gasteiger partial charge is 0.141 e. The van der Waals surface area contributed by atoms with E-state index in [1.54, 1.807) is 18.3 Å². The van der Waals surface area contributed by atoms with Crippen LogP contribution < -0.4 is 5.32 Å². The molecular weight excluding hydrogens is 319 g/mol. The summed E-state index contributed by atoms with van der Waals surface area (Å²) >= 11 is 9.16. The Morgan fingerprint density at radius 1 is 1.39 bits per heavy atom. The molecule has 0 bridgehead atoms. The fraction of sp³-hybridized carbons (Fsp3) is 0.154. The molecule has 18 heavy (non-hydrogen) atoms. The summed E-state index contributed by atoms with van der Waals surface area (Å²) in [5, 5.41) is 3.29. The van der Waals surface area contributed by atoms with Crippen molar-refractivity contribution in [3.05, 3.63) is 56.9 Å². The third-order valence-corrected chi connectivity index (χ3v) is 3.32. The van der Waals surface area contributed by atoms with Gasteiger partial charge in [0.15, 0.2) is 0 Å². The number of anilines is 1. The lowest BCUT2D eigenvalue weighted by molar-refractivity contribution is 0.627. The minimum absolute atomic E-state index is 0.130.